The van der Waals surface area contributed by atoms with Gasteiger partial charge in [-0.1, -0.05) is 43.2 Å². The van der Waals surface area contributed by atoms with Crippen LogP contribution >= 0.6 is 0 Å². The zero-order valence-corrected chi connectivity index (χ0v) is 11.3. The topological polar surface area (TPSA) is 15.3 Å². The van der Waals surface area contributed by atoms with E-state index in [1.807, 2.05) is 7.05 Å². The molecule has 0 aliphatic rings. The Morgan fingerprint density at radius 2 is 1.71 bits per heavy atom. The van der Waals surface area contributed by atoms with Crippen molar-refractivity contribution in [3.8, 4) is 0 Å². The molecule has 1 N–H and O–H groups in total. The summed E-state index contributed by atoms with van der Waals surface area (Å²) < 4.78 is 0. The Hall–Kier alpha value is -0.860. The molecule has 0 heterocycles. The van der Waals surface area contributed by atoms with Gasteiger partial charge in [0, 0.05) is 6.54 Å². The minimum absolute atomic E-state index is 1.07. The maximum absolute atomic E-state index is 3.19. The number of rotatable bonds is 9. The maximum Gasteiger partial charge on any atom is 0.0230 e. The Morgan fingerprint density at radius 1 is 1.00 bits per heavy atom. The van der Waals surface area contributed by atoms with Gasteiger partial charge in [-0.3, -0.25) is 0 Å². The fourth-order valence-corrected chi connectivity index (χ4v) is 2.01. The van der Waals surface area contributed by atoms with E-state index >= 15 is 0 Å². The van der Waals surface area contributed by atoms with Gasteiger partial charge >= 0.3 is 0 Å². The third-order valence-electron chi connectivity index (χ3n) is 3.01. The van der Waals surface area contributed by atoms with Crippen LogP contribution in [0.5, 0.6) is 0 Å². The zero-order valence-electron chi connectivity index (χ0n) is 11.3. The molecule has 0 unspecified atom stereocenters. The van der Waals surface area contributed by atoms with Crippen molar-refractivity contribution < 1.29 is 0 Å². The molecule has 1 aromatic rings. The van der Waals surface area contributed by atoms with E-state index in [1.54, 1.807) is 0 Å². The normalized spacial score (nSPS) is 11.0. The molecule has 0 radical (unpaired) electrons. The molecule has 96 valence electrons. The van der Waals surface area contributed by atoms with Crippen molar-refractivity contribution >= 4 is 0 Å². The Labute approximate surface area is 106 Å². The van der Waals surface area contributed by atoms with Gasteiger partial charge in [0.25, 0.3) is 0 Å². The molecule has 0 atom stereocenters. The van der Waals surface area contributed by atoms with Crippen LogP contribution in [0.4, 0.5) is 0 Å². The van der Waals surface area contributed by atoms with Gasteiger partial charge in [-0.25, -0.2) is 0 Å². The quantitative estimate of drug-likeness (QED) is 0.661. The van der Waals surface area contributed by atoms with Crippen LogP contribution in [0.3, 0.4) is 0 Å². The van der Waals surface area contributed by atoms with Crippen LogP contribution in [0, 0.1) is 0 Å². The van der Waals surface area contributed by atoms with Crippen LogP contribution in [0.15, 0.2) is 30.3 Å². The highest BCUT2D eigenvalue weighted by molar-refractivity contribution is 5.14. The molecule has 0 aromatic heterocycles. The zero-order chi connectivity index (χ0) is 12.3. The second-order valence-corrected chi connectivity index (χ2v) is 4.74. The highest BCUT2D eigenvalue weighted by atomic mass is 15.1. The first-order valence-corrected chi connectivity index (χ1v) is 6.70. The summed E-state index contributed by atoms with van der Waals surface area (Å²) in [5.41, 5.74) is 1.41. The van der Waals surface area contributed by atoms with Gasteiger partial charge in [-0.05, 0) is 45.6 Å². The van der Waals surface area contributed by atoms with Gasteiger partial charge < -0.3 is 10.2 Å². The molecule has 0 aliphatic carbocycles. The van der Waals surface area contributed by atoms with Gasteiger partial charge in [0.2, 0.25) is 0 Å². The van der Waals surface area contributed by atoms with Gasteiger partial charge in [0.05, 0.1) is 0 Å². The number of benzene rings is 1. The average molecular weight is 234 g/mol. The summed E-state index contributed by atoms with van der Waals surface area (Å²) >= 11 is 0. The second-order valence-electron chi connectivity index (χ2n) is 4.74. The van der Waals surface area contributed by atoms with E-state index in [0.29, 0.717) is 0 Å². The van der Waals surface area contributed by atoms with Gasteiger partial charge in [0.1, 0.15) is 0 Å². The summed E-state index contributed by atoms with van der Waals surface area (Å²) in [4.78, 5) is 2.41. The summed E-state index contributed by atoms with van der Waals surface area (Å²) in [7, 11) is 4.23. The number of hydrogen-bond donors (Lipinski definition) is 1. The van der Waals surface area contributed by atoms with Crippen LogP contribution in [-0.2, 0) is 6.54 Å². The maximum atomic E-state index is 3.19. The van der Waals surface area contributed by atoms with E-state index in [9.17, 15) is 0 Å². The molecule has 2 heteroatoms. The van der Waals surface area contributed by atoms with Crippen LogP contribution in [0.1, 0.15) is 31.2 Å². The molecule has 1 aromatic carbocycles. The van der Waals surface area contributed by atoms with Crippen LogP contribution < -0.4 is 5.32 Å². The minimum atomic E-state index is 1.07. The van der Waals surface area contributed by atoms with Gasteiger partial charge in [-0.2, -0.15) is 0 Å². The molecular weight excluding hydrogens is 208 g/mol. The number of nitrogens with one attached hydrogen (secondary N) is 1. The Morgan fingerprint density at radius 3 is 2.41 bits per heavy atom. The minimum Gasteiger partial charge on any atom is -0.320 e. The second kappa shape index (κ2) is 9.20. The predicted molar refractivity (Wildman–Crippen MR) is 75.2 cm³/mol. The first-order chi connectivity index (χ1) is 8.33. The van der Waals surface area contributed by atoms with Crippen molar-refractivity contribution in [1.82, 2.24) is 10.2 Å². The summed E-state index contributed by atoms with van der Waals surface area (Å²) in [5, 5.41) is 3.19. The molecule has 0 bridgehead atoms. The molecular formula is C15H26N2. The average Bonchev–Trinajstić information content (AvgIpc) is 2.35. The lowest BCUT2D eigenvalue weighted by Gasteiger charge is -2.16. The van der Waals surface area contributed by atoms with Crippen molar-refractivity contribution in [2.75, 3.05) is 27.2 Å². The summed E-state index contributed by atoms with van der Waals surface area (Å²) in [6.45, 7) is 3.42. The van der Waals surface area contributed by atoms with E-state index in [1.165, 1.54) is 37.8 Å². The number of hydrogen-bond acceptors (Lipinski definition) is 2. The standard InChI is InChI=1S/C15H26N2/c1-16-12-8-3-4-9-13-17(2)14-15-10-6-5-7-11-15/h5-7,10-11,16H,3-4,8-9,12-14H2,1-2H3. The van der Waals surface area contributed by atoms with Crippen molar-refractivity contribution in [3.63, 3.8) is 0 Å². The van der Waals surface area contributed by atoms with Gasteiger partial charge in [0.15, 0.2) is 0 Å². The third kappa shape index (κ3) is 7.14. The predicted octanol–water partition coefficient (Wildman–Crippen LogP) is 2.90. The van der Waals surface area contributed by atoms with Crippen LogP contribution in [0.2, 0.25) is 0 Å². The number of unbranched alkanes of at least 4 members (excludes halogenated alkanes) is 3. The molecule has 0 spiro atoms. The van der Waals surface area contributed by atoms with E-state index in [-0.39, 0.29) is 0 Å². The largest absolute Gasteiger partial charge is 0.320 e. The lowest BCUT2D eigenvalue weighted by Crippen LogP contribution is -2.19. The van der Waals surface area contributed by atoms with E-state index < -0.39 is 0 Å². The number of nitrogens with zero attached hydrogens (tertiary/aromatic N) is 1. The van der Waals surface area contributed by atoms with E-state index in [0.717, 1.165) is 13.1 Å². The first kappa shape index (κ1) is 14.2. The van der Waals surface area contributed by atoms with Crippen molar-refractivity contribution in [3.05, 3.63) is 35.9 Å². The van der Waals surface area contributed by atoms with Crippen molar-refractivity contribution in [2.24, 2.45) is 0 Å². The summed E-state index contributed by atoms with van der Waals surface area (Å²) in [6, 6.07) is 10.7. The fraction of sp³-hybridized carbons (Fsp3) is 0.600. The van der Waals surface area contributed by atoms with E-state index in [4.69, 9.17) is 0 Å². The smallest absolute Gasteiger partial charge is 0.0230 e. The van der Waals surface area contributed by atoms with Crippen molar-refractivity contribution in [2.45, 2.75) is 32.2 Å². The van der Waals surface area contributed by atoms with Crippen LogP contribution in [-0.4, -0.2) is 32.1 Å². The molecule has 2 nitrogen and oxygen atoms in total. The molecule has 0 saturated heterocycles. The van der Waals surface area contributed by atoms with Crippen LogP contribution in [0.25, 0.3) is 0 Å². The monoisotopic (exact) mass is 234 g/mol. The SMILES string of the molecule is CNCCCCCCN(C)Cc1ccccc1. The summed E-state index contributed by atoms with van der Waals surface area (Å²) in [5.74, 6) is 0. The molecule has 0 aliphatic heterocycles. The Kier molecular flexibility index (Phi) is 7.69. The summed E-state index contributed by atoms with van der Waals surface area (Å²) in [6.07, 6.45) is 5.31. The molecule has 1 rings (SSSR count). The third-order valence-corrected chi connectivity index (χ3v) is 3.01. The highest BCUT2D eigenvalue weighted by Gasteiger charge is 1.99. The molecule has 0 saturated carbocycles. The Balaban J connectivity index is 2.03. The highest BCUT2D eigenvalue weighted by Crippen LogP contribution is 2.05. The first-order valence-electron chi connectivity index (χ1n) is 6.70. The molecule has 17 heavy (non-hydrogen) atoms. The van der Waals surface area contributed by atoms with Gasteiger partial charge in [-0.15, -0.1) is 0 Å². The lowest BCUT2D eigenvalue weighted by molar-refractivity contribution is 0.316. The van der Waals surface area contributed by atoms with Crippen molar-refractivity contribution in [1.29, 1.82) is 0 Å². The lowest BCUT2D eigenvalue weighted by atomic mass is 10.1. The molecule has 0 amide bonds. The molecule has 0 fully saturated rings. The Bertz CT molecular complexity index is 272. The van der Waals surface area contributed by atoms with E-state index in [2.05, 4.69) is 47.6 Å². The fourth-order valence-electron chi connectivity index (χ4n) is 2.01.